The average molecular weight is 506 g/mol. The van der Waals surface area contributed by atoms with Crippen molar-refractivity contribution >= 4 is 23.2 Å². The van der Waals surface area contributed by atoms with Crippen LogP contribution >= 0.6 is 11.3 Å². The molecule has 3 heterocycles. The minimum Gasteiger partial charge on any atom is -0.340 e. The van der Waals surface area contributed by atoms with Gasteiger partial charge in [0.05, 0.1) is 17.6 Å². The van der Waals surface area contributed by atoms with E-state index in [1.165, 1.54) is 33.7 Å². The van der Waals surface area contributed by atoms with Gasteiger partial charge < -0.3 is 9.80 Å². The fourth-order valence-corrected chi connectivity index (χ4v) is 6.45. The third kappa shape index (κ3) is 4.70. The maximum atomic E-state index is 14.2. The largest absolute Gasteiger partial charge is 0.340 e. The van der Waals surface area contributed by atoms with Crippen LogP contribution in [0.25, 0.3) is 0 Å². The number of hydrogen-bond acceptors (Lipinski definition) is 4. The van der Waals surface area contributed by atoms with Crippen molar-refractivity contribution in [2.24, 2.45) is 0 Å². The molecule has 0 aliphatic carbocycles. The molecule has 5 nitrogen and oxygen atoms in total. The van der Waals surface area contributed by atoms with Gasteiger partial charge in [-0.3, -0.25) is 14.5 Å². The van der Waals surface area contributed by atoms with Gasteiger partial charge in [-0.15, -0.1) is 11.3 Å². The van der Waals surface area contributed by atoms with Crippen molar-refractivity contribution in [3.8, 4) is 0 Å². The molecular formula is C29H32FN3O2S. The summed E-state index contributed by atoms with van der Waals surface area (Å²) in [6.07, 6.45) is 1.62. The SMILES string of the molecule is Cc1ccccc1[C@@H]1c2ccsc2CCN1[C@@H](C)C(=O)N1CCCN(C(=O)c2ccccc2F)CC1. The van der Waals surface area contributed by atoms with E-state index in [1.807, 2.05) is 11.8 Å². The molecule has 2 amide bonds. The van der Waals surface area contributed by atoms with Gasteiger partial charge in [0.25, 0.3) is 5.91 Å². The van der Waals surface area contributed by atoms with Crippen LogP contribution < -0.4 is 0 Å². The summed E-state index contributed by atoms with van der Waals surface area (Å²) in [5, 5.41) is 2.15. The first-order valence-electron chi connectivity index (χ1n) is 12.7. The zero-order valence-electron chi connectivity index (χ0n) is 20.8. The van der Waals surface area contributed by atoms with Crippen LogP contribution in [0.4, 0.5) is 4.39 Å². The van der Waals surface area contributed by atoms with E-state index >= 15 is 0 Å². The van der Waals surface area contributed by atoms with Crippen molar-refractivity contribution in [1.82, 2.24) is 14.7 Å². The Balaban J connectivity index is 1.33. The number of hydrogen-bond donors (Lipinski definition) is 0. The standard InChI is InChI=1S/C29H32FN3O2S/c1-20-8-3-4-9-22(20)27-24-13-19-36-26(24)12-16-33(27)21(2)28(34)31-14-7-15-32(18-17-31)29(35)23-10-5-6-11-25(23)30/h3-6,8-11,13,19,21,27H,7,12,14-18H2,1-2H3/t21-,27+/m0/s1. The lowest BCUT2D eigenvalue weighted by Gasteiger charge is -2.41. The molecule has 1 aromatic heterocycles. The minimum atomic E-state index is -0.506. The van der Waals surface area contributed by atoms with Crippen molar-refractivity contribution in [3.63, 3.8) is 0 Å². The molecule has 0 radical (unpaired) electrons. The number of nitrogens with zero attached hydrogens (tertiary/aromatic N) is 3. The maximum Gasteiger partial charge on any atom is 0.256 e. The Morgan fingerprint density at radius 3 is 2.44 bits per heavy atom. The van der Waals surface area contributed by atoms with Crippen LogP contribution in [0, 0.1) is 12.7 Å². The number of fused-ring (bicyclic) bond motifs is 1. The van der Waals surface area contributed by atoms with Gasteiger partial charge in [0, 0.05) is 37.6 Å². The lowest BCUT2D eigenvalue weighted by atomic mass is 9.89. The predicted molar refractivity (Wildman–Crippen MR) is 141 cm³/mol. The molecule has 0 N–H and O–H groups in total. The van der Waals surface area contributed by atoms with Gasteiger partial charge >= 0.3 is 0 Å². The Labute approximate surface area is 216 Å². The number of halogens is 1. The van der Waals surface area contributed by atoms with Crippen LogP contribution in [-0.4, -0.2) is 65.3 Å². The first kappa shape index (κ1) is 24.7. The molecule has 0 unspecified atom stereocenters. The lowest BCUT2D eigenvalue weighted by molar-refractivity contribution is -0.137. The number of thiophene rings is 1. The summed E-state index contributed by atoms with van der Waals surface area (Å²) in [5.74, 6) is -0.725. The maximum absolute atomic E-state index is 14.2. The third-order valence-electron chi connectivity index (χ3n) is 7.54. The van der Waals surface area contributed by atoms with Crippen molar-refractivity contribution < 1.29 is 14.0 Å². The Morgan fingerprint density at radius 2 is 1.64 bits per heavy atom. The summed E-state index contributed by atoms with van der Waals surface area (Å²) in [6.45, 7) is 6.94. The molecule has 5 rings (SSSR count). The van der Waals surface area contributed by atoms with E-state index in [1.54, 1.807) is 28.4 Å². The van der Waals surface area contributed by atoms with E-state index in [-0.39, 0.29) is 29.5 Å². The molecular weight excluding hydrogens is 473 g/mol. The smallest absolute Gasteiger partial charge is 0.256 e. The average Bonchev–Trinajstić information content (AvgIpc) is 3.24. The summed E-state index contributed by atoms with van der Waals surface area (Å²) in [6, 6.07) is 16.5. The molecule has 7 heteroatoms. The van der Waals surface area contributed by atoms with Crippen LogP contribution in [0.1, 0.15) is 51.3 Å². The number of amides is 2. The summed E-state index contributed by atoms with van der Waals surface area (Å²) in [7, 11) is 0. The first-order chi connectivity index (χ1) is 17.5. The fourth-order valence-electron chi connectivity index (χ4n) is 5.54. The van der Waals surface area contributed by atoms with Gasteiger partial charge in [-0.2, -0.15) is 0 Å². The van der Waals surface area contributed by atoms with Crippen molar-refractivity contribution in [2.45, 2.75) is 38.8 Å². The minimum absolute atomic E-state index is 0.0475. The molecule has 1 fully saturated rings. The Morgan fingerprint density at radius 1 is 0.917 bits per heavy atom. The van der Waals surface area contributed by atoms with Gasteiger partial charge in [0.1, 0.15) is 5.82 Å². The third-order valence-corrected chi connectivity index (χ3v) is 8.54. The van der Waals surface area contributed by atoms with E-state index < -0.39 is 5.82 Å². The zero-order chi connectivity index (χ0) is 25.2. The molecule has 0 spiro atoms. The molecule has 3 aromatic rings. The second-order valence-electron chi connectivity index (χ2n) is 9.67. The Hall–Kier alpha value is -3.03. The Kier molecular flexibility index (Phi) is 7.21. The topological polar surface area (TPSA) is 43.9 Å². The lowest BCUT2D eigenvalue weighted by Crippen LogP contribution is -2.51. The molecule has 36 heavy (non-hydrogen) atoms. The van der Waals surface area contributed by atoms with Gasteiger partial charge in [0.2, 0.25) is 5.91 Å². The van der Waals surface area contributed by atoms with Crippen molar-refractivity contribution in [1.29, 1.82) is 0 Å². The normalized spacial score (nSPS) is 19.5. The zero-order valence-corrected chi connectivity index (χ0v) is 21.6. The van der Waals surface area contributed by atoms with Crippen LogP contribution in [0.2, 0.25) is 0 Å². The Bertz CT molecular complexity index is 1260. The number of carbonyl (C=O) groups is 2. The summed E-state index contributed by atoms with van der Waals surface area (Å²) in [5.41, 5.74) is 3.86. The van der Waals surface area contributed by atoms with Crippen LogP contribution in [-0.2, 0) is 11.2 Å². The quantitative estimate of drug-likeness (QED) is 0.506. The van der Waals surface area contributed by atoms with Crippen molar-refractivity contribution in [2.75, 3.05) is 32.7 Å². The van der Waals surface area contributed by atoms with Crippen LogP contribution in [0.3, 0.4) is 0 Å². The van der Waals surface area contributed by atoms with Crippen LogP contribution in [0.15, 0.2) is 60.0 Å². The second-order valence-corrected chi connectivity index (χ2v) is 10.7. The van der Waals surface area contributed by atoms with E-state index in [4.69, 9.17) is 0 Å². The number of rotatable bonds is 4. The van der Waals surface area contributed by atoms with Gasteiger partial charge in [0.15, 0.2) is 0 Å². The molecule has 0 saturated carbocycles. The highest BCUT2D eigenvalue weighted by atomic mass is 32.1. The molecule has 2 aromatic carbocycles. The van der Waals surface area contributed by atoms with Gasteiger partial charge in [-0.1, -0.05) is 36.4 Å². The van der Waals surface area contributed by atoms with Gasteiger partial charge in [-0.05, 0) is 67.0 Å². The van der Waals surface area contributed by atoms with Gasteiger partial charge in [-0.25, -0.2) is 4.39 Å². The molecule has 0 bridgehead atoms. The van der Waals surface area contributed by atoms with Crippen molar-refractivity contribution in [3.05, 3.63) is 92.9 Å². The predicted octanol–water partition coefficient (Wildman–Crippen LogP) is 4.91. The molecule has 2 atom stereocenters. The number of aryl methyl sites for hydroxylation is 1. The fraction of sp³-hybridized carbons (Fsp3) is 0.379. The number of benzene rings is 2. The summed E-state index contributed by atoms with van der Waals surface area (Å²) >= 11 is 1.80. The van der Waals surface area contributed by atoms with E-state index in [0.29, 0.717) is 32.6 Å². The monoisotopic (exact) mass is 505 g/mol. The highest BCUT2D eigenvalue weighted by Gasteiger charge is 2.37. The number of carbonyl (C=O) groups excluding carboxylic acids is 2. The molecule has 188 valence electrons. The molecule has 2 aliphatic heterocycles. The highest BCUT2D eigenvalue weighted by Crippen LogP contribution is 2.40. The first-order valence-corrected chi connectivity index (χ1v) is 13.5. The highest BCUT2D eigenvalue weighted by molar-refractivity contribution is 7.10. The van der Waals surface area contributed by atoms with E-state index in [9.17, 15) is 14.0 Å². The van der Waals surface area contributed by atoms with E-state index in [0.717, 1.165) is 13.0 Å². The molecule has 2 aliphatic rings. The van der Waals surface area contributed by atoms with E-state index in [2.05, 4.69) is 47.5 Å². The summed E-state index contributed by atoms with van der Waals surface area (Å²) in [4.78, 5) is 34.0. The van der Waals surface area contributed by atoms with Crippen LogP contribution in [0.5, 0.6) is 0 Å². The molecule has 1 saturated heterocycles. The summed E-state index contributed by atoms with van der Waals surface area (Å²) < 4.78 is 14.2. The second kappa shape index (κ2) is 10.5.